The van der Waals surface area contributed by atoms with Crippen LogP contribution >= 0.6 is 0 Å². The Morgan fingerprint density at radius 1 is 1.07 bits per heavy atom. The van der Waals surface area contributed by atoms with Crippen LogP contribution in [0, 0.1) is 0 Å². The normalized spacial score (nSPS) is 14.0. The molecule has 29 heavy (non-hydrogen) atoms. The lowest BCUT2D eigenvalue weighted by atomic mass is 9.98. The molecule has 0 spiro atoms. The van der Waals surface area contributed by atoms with E-state index >= 15 is 0 Å². The van der Waals surface area contributed by atoms with E-state index in [4.69, 9.17) is 4.74 Å². The maximum Gasteiger partial charge on any atom is 0.407 e. The lowest BCUT2D eigenvalue weighted by Crippen LogP contribution is -2.43. The van der Waals surface area contributed by atoms with E-state index in [0.29, 0.717) is 0 Å². The maximum atomic E-state index is 12.2. The molecule has 3 N–H and O–H groups in total. The largest absolute Gasteiger partial charge is 0.480 e. The second-order valence-electron chi connectivity index (χ2n) is 6.82. The van der Waals surface area contributed by atoms with Crippen molar-refractivity contribution >= 4 is 22.1 Å². The average molecular weight is 418 g/mol. The Morgan fingerprint density at radius 2 is 1.62 bits per heavy atom. The van der Waals surface area contributed by atoms with Gasteiger partial charge in [-0.1, -0.05) is 48.5 Å². The van der Waals surface area contributed by atoms with Crippen molar-refractivity contribution in [2.24, 2.45) is 0 Å². The Labute approximate surface area is 168 Å². The standard InChI is InChI=1S/C20H22N2O6S/c1-29(26,27)21-11-10-18(19(23)24)22-20(25)28-12-17-15-8-4-2-6-13(15)14-7-3-5-9-16(14)17/h2-9,17-18,21H,10-12H2,1H3,(H,22,25)(H,23,24)/t18-/m1/s1. The van der Waals surface area contributed by atoms with Gasteiger partial charge in [0.2, 0.25) is 10.0 Å². The van der Waals surface area contributed by atoms with Crippen LogP contribution in [0.1, 0.15) is 23.5 Å². The fourth-order valence-electron chi connectivity index (χ4n) is 3.43. The highest BCUT2D eigenvalue weighted by molar-refractivity contribution is 7.88. The topological polar surface area (TPSA) is 122 Å². The number of nitrogens with one attached hydrogen (secondary N) is 2. The lowest BCUT2D eigenvalue weighted by molar-refractivity contribution is -0.139. The highest BCUT2D eigenvalue weighted by Gasteiger charge is 2.29. The Kier molecular flexibility index (Phi) is 6.19. The van der Waals surface area contributed by atoms with Gasteiger partial charge in [0.1, 0.15) is 12.6 Å². The number of fused-ring (bicyclic) bond motifs is 3. The van der Waals surface area contributed by atoms with Crippen molar-refractivity contribution < 1.29 is 27.9 Å². The Hall–Kier alpha value is -2.91. The van der Waals surface area contributed by atoms with E-state index in [9.17, 15) is 23.1 Å². The van der Waals surface area contributed by atoms with Crippen molar-refractivity contribution in [2.75, 3.05) is 19.4 Å². The van der Waals surface area contributed by atoms with Crippen molar-refractivity contribution in [2.45, 2.75) is 18.4 Å². The number of carboxylic acid groups (broad SMARTS) is 1. The van der Waals surface area contributed by atoms with Crippen molar-refractivity contribution in [3.63, 3.8) is 0 Å². The molecular formula is C20H22N2O6S. The summed E-state index contributed by atoms with van der Waals surface area (Å²) in [6, 6.07) is 14.5. The molecule has 8 nitrogen and oxygen atoms in total. The van der Waals surface area contributed by atoms with Crippen LogP contribution in [0.3, 0.4) is 0 Å². The number of carboxylic acids is 1. The van der Waals surface area contributed by atoms with Gasteiger partial charge in [-0.2, -0.15) is 0 Å². The molecule has 1 aliphatic rings. The number of hydrogen-bond acceptors (Lipinski definition) is 5. The molecule has 1 aliphatic carbocycles. The number of hydrogen-bond donors (Lipinski definition) is 3. The van der Waals surface area contributed by atoms with Crippen LogP contribution in [0.15, 0.2) is 48.5 Å². The van der Waals surface area contributed by atoms with Gasteiger partial charge >= 0.3 is 12.1 Å². The van der Waals surface area contributed by atoms with Crippen LogP contribution in [-0.4, -0.2) is 51.0 Å². The number of carbonyl (C=O) groups is 2. The van der Waals surface area contributed by atoms with Gasteiger partial charge in [0.25, 0.3) is 0 Å². The first-order valence-electron chi connectivity index (χ1n) is 9.05. The predicted octanol–water partition coefficient (Wildman–Crippen LogP) is 1.92. The van der Waals surface area contributed by atoms with Gasteiger partial charge in [-0.3, -0.25) is 0 Å². The van der Waals surface area contributed by atoms with Crippen LogP contribution in [0.25, 0.3) is 11.1 Å². The van der Waals surface area contributed by atoms with Gasteiger partial charge in [0, 0.05) is 12.5 Å². The fourth-order valence-corrected chi connectivity index (χ4v) is 3.92. The second kappa shape index (κ2) is 8.62. The fraction of sp³-hybridized carbons (Fsp3) is 0.300. The predicted molar refractivity (Wildman–Crippen MR) is 107 cm³/mol. The van der Waals surface area contributed by atoms with Crippen molar-refractivity contribution in [3.05, 3.63) is 59.7 Å². The zero-order valence-electron chi connectivity index (χ0n) is 15.8. The van der Waals surface area contributed by atoms with E-state index in [1.807, 2.05) is 48.5 Å². The number of carbonyl (C=O) groups excluding carboxylic acids is 1. The second-order valence-corrected chi connectivity index (χ2v) is 8.65. The summed E-state index contributed by atoms with van der Waals surface area (Å²) in [5.41, 5.74) is 4.28. The van der Waals surface area contributed by atoms with Gasteiger partial charge in [-0.05, 0) is 28.7 Å². The molecule has 0 saturated carbocycles. The van der Waals surface area contributed by atoms with Gasteiger partial charge < -0.3 is 15.2 Å². The molecular weight excluding hydrogens is 396 g/mol. The highest BCUT2D eigenvalue weighted by atomic mass is 32.2. The van der Waals surface area contributed by atoms with Crippen LogP contribution < -0.4 is 10.0 Å². The highest BCUT2D eigenvalue weighted by Crippen LogP contribution is 2.44. The van der Waals surface area contributed by atoms with Crippen LogP contribution in [0.4, 0.5) is 4.79 Å². The third-order valence-corrected chi connectivity index (χ3v) is 5.46. The Balaban J connectivity index is 1.62. The molecule has 0 fully saturated rings. The summed E-state index contributed by atoms with van der Waals surface area (Å²) >= 11 is 0. The molecule has 0 radical (unpaired) electrons. The molecule has 0 aliphatic heterocycles. The molecule has 2 aromatic rings. The summed E-state index contributed by atoms with van der Waals surface area (Å²) < 4.78 is 29.7. The minimum Gasteiger partial charge on any atom is -0.480 e. The summed E-state index contributed by atoms with van der Waals surface area (Å²) in [5.74, 6) is -1.41. The molecule has 0 aromatic heterocycles. The molecule has 1 atom stereocenters. The summed E-state index contributed by atoms with van der Waals surface area (Å²) in [4.78, 5) is 23.5. The number of amides is 1. The molecule has 0 unspecified atom stereocenters. The maximum absolute atomic E-state index is 12.2. The third-order valence-electron chi connectivity index (χ3n) is 4.73. The summed E-state index contributed by atoms with van der Waals surface area (Å²) in [7, 11) is -3.44. The number of ether oxygens (including phenoxy) is 1. The summed E-state index contributed by atoms with van der Waals surface area (Å²) in [6.07, 6.45) is 0.00700. The van der Waals surface area contributed by atoms with Crippen LogP contribution in [0.2, 0.25) is 0 Å². The minimum absolute atomic E-state index is 0.0633. The third kappa shape index (κ3) is 5.12. The van der Waals surface area contributed by atoms with E-state index in [0.717, 1.165) is 28.5 Å². The molecule has 154 valence electrons. The molecule has 9 heteroatoms. The quantitative estimate of drug-likeness (QED) is 0.602. The lowest BCUT2D eigenvalue weighted by Gasteiger charge is -2.17. The molecule has 2 aromatic carbocycles. The number of rotatable bonds is 8. The van der Waals surface area contributed by atoms with Gasteiger partial charge in [-0.25, -0.2) is 22.7 Å². The van der Waals surface area contributed by atoms with E-state index < -0.39 is 28.1 Å². The number of sulfonamides is 1. The number of alkyl carbamates (subject to hydrolysis) is 1. The van der Waals surface area contributed by atoms with E-state index in [1.165, 1.54) is 0 Å². The smallest absolute Gasteiger partial charge is 0.407 e. The molecule has 0 bridgehead atoms. The molecule has 0 saturated heterocycles. The first-order chi connectivity index (χ1) is 13.8. The Bertz CT molecular complexity index is 976. The van der Waals surface area contributed by atoms with Gasteiger partial charge in [0.15, 0.2) is 0 Å². The van der Waals surface area contributed by atoms with Gasteiger partial charge in [0.05, 0.1) is 6.26 Å². The summed E-state index contributed by atoms with van der Waals surface area (Å²) in [6.45, 7) is -0.0484. The minimum atomic E-state index is -3.44. The zero-order valence-corrected chi connectivity index (χ0v) is 16.6. The van der Waals surface area contributed by atoms with Gasteiger partial charge in [-0.15, -0.1) is 0 Å². The van der Waals surface area contributed by atoms with Crippen LogP contribution in [-0.2, 0) is 19.6 Å². The van der Waals surface area contributed by atoms with E-state index in [1.54, 1.807) is 0 Å². The zero-order chi connectivity index (χ0) is 21.0. The monoisotopic (exact) mass is 418 g/mol. The molecule has 0 heterocycles. The summed E-state index contributed by atoms with van der Waals surface area (Å²) in [5, 5.41) is 11.5. The van der Waals surface area contributed by atoms with Crippen molar-refractivity contribution in [1.82, 2.24) is 10.0 Å². The van der Waals surface area contributed by atoms with Crippen molar-refractivity contribution in [3.8, 4) is 11.1 Å². The molecule has 3 rings (SSSR count). The van der Waals surface area contributed by atoms with E-state index in [-0.39, 0.29) is 25.5 Å². The first kappa shape index (κ1) is 20.8. The average Bonchev–Trinajstić information content (AvgIpc) is 2.98. The Morgan fingerprint density at radius 3 is 2.14 bits per heavy atom. The van der Waals surface area contributed by atoms with Crippen molar-refractivity contribution in [1.29, 1.82) is 0 Å². The van der Waals surface area contributed by atoms with Crippen LogP contribution in [0.5, 0.6) is 0 Å². The first-order valence-corrected chi connectivity index (χ1v) is 10.9. The number of benzene rings is 2. The molecule has 1 amide bonds. The SMILES string of the molecule is CS(=O)(=O)NCC[C@@H](NC(=O)OCC1c2ccccc2-c2ccccc21)C(=O)O. The van der Waals surface area contributed by atoms with E-state index in [2.05, 4.69) is 10.0 Å². The number of aliphatic carboxylic acids is 1.